The molecule has 5 rings (SSSR count). The molecule has 1 saturated heterocycles. The number of hydrogen-bond donors (Lipinski definition) is 1. The van der Waals surface area contributed by atoms with Crippen molar-refractivity contribution in [3.63, 3.8) is 0 Å². The number of piperidine rings is 1. The van der Waals surface area contributed by atoms with E-state index in [4.69, 9.17) is 9.47 Å². The number of nitrogens with zero attached hydrogens (tertiary/aromatic N) is 2. The molecule has 0 bridgehead atoms. The molecule has 1 aromatic carbocycles. The number of rotatable bonds is 6. The number of hydrogen-bond acceptors (Lipinski definition) is 5. The predicted molar refractivity (Wildman–Crippen MR) is 133 cm³/mol. The lowest BCUT2D eigenvalue weighted by molar-refractivity contribution is 0.154. The maximum Gasteiger partial charge on any atom is 0.234 e. The second kappa shape index (κ2) is 12.1. The maximum atomic E-state index is 6.22. The summed E-state index contributed by atoms with van der Waals surface area (Å²) in [7, 11) is 0. The molecule has 0 atom stereocenters. The highest BCUT2D eigenvalue weighted by Gasteiger charge is 2.26. The molecule has 2 aliphatic carbocycles. The van der Waals surface area contributed by atoms with Crippen molar-refractivity contribution in [2.45, 2.75) is 82.3 Å². The van der Waals surface area contributed by atoms with Crippen LogP contribution in [0.4, 0.5) is 0 Å². The zero-order chi connectivity index (χ0) is 20.2. The highest BCUT2D eigenvalue weighted by atomic mass is 35.5. The molecule has 1 aliphatic heterocycles. The van der Waals surface area contributed by atoms with Gasteiger partial charge in [0.05, 0.1) is 11.8 Å². The minimum absolute atomic E-state index is 0. The first-order chi connectivity index (χ1) is 14.8. The van der Waals surface area contributed by atoms with E-state index in [1.807, 2.05) is 0 Å². The second-order valence-corrected chi connectivity index (χ2v) is 9.08. The van der Waals surface area contributed by atoms with Gasteiger partial charge in [0.1, 0.15) is 11.9 Å². The summed E-state index contributed by atoms with van der Waals surface area (Å²) < 4.78 is 12.4. The van der Waals surface area contributed by atoms with Gasteiger partial charge in [-0.2, -0.15) is 5.10 Å². The molecular formula is C25H35Cl2N3O2. The van der Waals surface area contributed by atoms with E-state index in [0.29, 0.717) is 17.9 Å². The molecule has 7 heteroatoms. The van der Waals surface area contributed by atoms with Crippen LogP contribution in [-0.4, -0.2) is 35.5 Å². The van der Waals surface area contributed by atoms with Crippen LogP contribution in [0.5, 0.6) is 11.6 Å². The number of benzene rings is 1. The van der Waals surface area contributed by atoms with Crippen LogP contribution in [-0.2, 0) is 0 Å². The molecule has 2 heterocycles. The van der Waals surface area contributed by atoms with Gasteiger partial charge in [-0.05, 0) is 82.2 Å². The molecule has 1 aromatic heterocycles. The van der Waals surface area contributed by atoms with Crippen LogP contribution < -0.4 is 14.8 Å². The van der Waals surface area contributed by atoms with Crippen LogP contribution in [0.1, 0.15) is 75.8 Å². The highest BCUT2D eigenvalue weighted by Crippen LogP contribution is 2.41. The molecule has 0 radical (unpaired) electrons. The summed E-state index contributed by atoms with van der Waals surface area (Å²) in [4.78, 5) is 0. The lowest BCUT2D eigenvalue weighted by Crippen LogP contribution is -2.34. The summed E-state index contributed by atoms with van der Waals surface area (Å²) in [6.45, 7) is 2.02. The van der Waals surface area contributed by atoms with E-state index in [2.05, 4.69) is 45.8 Å². The molecule has 0 spiro atoms. The van der Waals surface area contributed by atoms with Gasteiger partial charge in [0.25, 0.3) is 0 Å². The number of aromatic nitrogens is 2. The van der Waals surface area contributed by atoms with Gasteiger partial charge in [-0.1, -0.05) is 25.0 Å². The SMILES string of the molecule is Cl.Cl.c1cc(-c2cc(OC3CCNCC3)nnc2C2CCC2)ccc1OC1CCCCC1. The zero-order valence-electron chi connectivity index (χ0n) is 18.6. The van der Waals surface area contributed by atoms with Gasteiger partial charge in [-0.15, -0.1) is 29.9 Å². The normalized spacial score (nSPS) is 19.9. The maximum absolute atomic E-state index is 6.22. The Labute approximate surface area is 203 Å². The van der Waals surface area contributed by atoms with E-state index in [1.165, 1.54) is 62.5 Å². The van der Waals surface area contributed by atoms with E-state index >= 15 is 0 Å². The standard InChI is InChI=1S/C25H33N3O2.2ClH/c1-2-7-20(8-3-1)29-21-11-9-18(10-12-21)23-17-24(30-22-13-15-26-16-14-22)27-28-25(23)19-5-4-6-19;;/h9-12,17,19-20,22,26H,1-8,13-16H2;2*1H. The number of nitrogens with one attached hydrogen (secondary N) is 1. The van der Waals surface area contributed by atoms with Crippen LogP contribution in [0.25, 0.3) is 11.1 Å². The van der Waals surface area contributed by atoms with Crippen LogP contribution in [0.15, 0.2) is 30.3 Å². The summed E-state index contributed by atoms with van der Waals surface area (Å²) in [6, 6.07) is 10.7. The van der Waals surface area contributed by atoms with Gasteiger partial charge in [-0.3, -0.25) is 0 Å². The van der Waals surface area contributed by atoms with Gasteiger partial charge in [0.2, 0.25) is 5.88 Å². The quantitative estimate of drug-likeness (QED) is 0.542. The average molecular weight is 480 g/mol. The lowest BCUT2D eigenvalue weighted by Gasteiger charge is -2.27. The number of halogens is 2. The van der Waals surface area contributed by atoms with E-state index < -0.39 is 0 Å². The van der Waals surface area contributed by atoms with Crippen molar-refractivity contribution in [2.24, 2.45) is 0 Å². The molecule has 3 aliphatic rings. The first-order valence-electron chi connectivity index (χ1n) is 11.9. The summed E-state index contributed by atoms with van der Waals surface area (Å²) in [5.41, 5.74) is 3.47. The Hall–Kier alpha value is -1.56. The third-order valence-electron chi connectivity index (χ3n) is 6.89. The predicted octanol–water partition coefficient (Wildman–Crippen LogP) is 6.10. The summed E-state index contributed by atoms with van der Waals surface area (Å²) in [6.07, 6.45) is 12.6. The Morgan fingerprint density at radius 2 is 1.41 bits per heavy atom. The number of ether oxygens (including phenoxy) is 2. The third-order valence-corrected chi connectivity index (χ3v) is 6.89. The fourth-order valence-electron chi connectivity index (χ4n) is 4.83. The third kappa shape index (κ3) is 6.06. The monoisotopic (exact) mass is 479 g/mol. The first kappa shape index (κ1) is 25.1. The average Bonchev–Trinajstić information content (AvgIpc) is 2.76. The van der Waals surface area contributed by atoms with Gasteiger partial charge in [-0.25, -0.2) is 0 Å². The Morgan fingerprint density at radius 1 is 0.719 bits per heavy atom. The van der Waals surface area contributed by atoms with Crippen molar-refractivity contribution in [1.29, 1.82) is 0 Å². The molecule has 176 valence electrons. The minimum Gasteiger partial charge on any atom is -0.490 e. The van der Waals surface area contributed by atoms with Crippen LogP contribution in [0.3, 0.4) is 0 Å². The molecule has 5 nitrogen and oxygen atoms in total. The van der Waals surface area contributed by atoms with Crippen LogP contribution in [0, 0.1) is 0 Å². The first-order valence-corrected chi connectivity index (χ1v) is 11.9. The summed E-state index contributed by atoms with van der Waals surface area (Å²) >= 11 is 0. The van der Waals surface area contributed by atoms with Crippen molar-refractivity contribution < 1.29 is 9.47 Å². The van der Waals surface area contributed by atoms with Crippen LogP contribution in [0.2, 0.25) is 0 Å². The molecule has 2 aromatic rings. The fourth-order valence-corrected chi connectivity index (χ4v) is 4.83. The van der Waals surface area contributed by atoms with Crippen molar-refractivity contribution in [3.05, 3.63) is 36.0 Å². The van der Waals surface area contributed by atoms with Crippen molar-refractivity contribution >= 4 is 24.8 Å². The Bertz CT molecular complexity index is 834. The molecule has 3 fully saturated rings. The lowest BCUT2D eigenvalue weighted by atomic mass is 9.80. The van der Waals surface area contributed by atoms with Gasteiger partial charge < -0.3 is 14.8 Å². The van der Waals surface area contributed by atoms with Gasteiger partial charge in [0, 0.05) is 17.5 Å². The Kier molecular flexibility index (Phi) is 9.45. The Balaban J connectivity index is 0.00000144. The summed E-state index contributed by atoms with van der Waals surface area (Å²) in [5, 5.41) is 12.5. The fraction of sp³-hybridized carbons (Fsp3) is 0.600. The molecule has 0 amide bonds. The van der Waals surface area contributed by atoms with Gasteiger partial charge in [0.15, 0.2) is 0 Å². The molecule has 32 heavy (non-hydrogen) atoms. The molecule has 0 unspecified atom stereocenters. The van der Waals surface area contributed by atoms with Crippen molar-refractivity contribution in [2.75, 3.05) is 13.1 Å². The zero-order valence-corrected chi connectivity index (χ0v) is 20.3. The smallest absolute Gasteiger partial charge is 0.234 e. The summed E-state index contributed by atoms with van der Waals surface area (Å²) in [5.74, 6) is 2.16. The van der Waals surface area contributed by atoms with E-state index in [1.54, 1.807) is 0 Å². The second-order valence-electron chi connectivity index (χ2n) is 9.08. The van der Waals surface area contributed by atoms with E-state index in [9.17, 15) is 0 Å². The van der Waals surface area contributed by atoms with E-state index in [0.717, 1.165) is 37.4 Å². The van der Waals surface area contributed by atoms with Crippen molar-refractivity contribution in [1.82, 2.24) is 15.5 Å². The van der Waals surface area contributed by atoms with E-state index in [-0.39, 0.29) is 30.9 Å². The van der Waals surface area contributed by atoms with Crippen LogP contribution >= 0.6 is 24.8 Å². The van der Waals surface area contributed by atoms with Gasteiger partial charge >= 0.3 is 0 Å². The Morgan fingerprint density at radius 3 is 2.06 bits per heavy atom. The van der Waals surface area contributed by atoms with Crippen molar-refractivity contribution in [3.8, 4) is 22.8 Å². The molecule has 2 saturated carbocycles. The highest BCUT2D eigenvalue weighted by molar-refractivity contribution is 5.85. The molecular weight excluding hydrogens is 445 g/mol. The topological polar surface area (TPSA) is 56.3 Å². The minimum atomic E-state index is 0. The largest absolute Gasteiger partial charge is 0.490 e. The molecule has 1 N–H and O–H groups in total.